The molecule has 1 unspecified atom stereocenters. The Morgan fingerprint density at radius 2 is 1.73 bits per heavy atom. The van der Waals surface area contributed by atoms with Gasteiger partial charge in [-0.3, -0.25) is 13.9 Å². The standard InChI is InChI=1S/C33H41F3N6O2/c1-21-11-7-5-6-8-18-42-29-24(19-26(30(43)41(29)4)32(20-37)15-16-32)28(39-31(42)44)38-22(2)23-12-9-13-25(27(23)34)33(35,36)14-10-17-40(21)3/h9,12-13,19,21-22H,5-8,10-11,14-18H2,1-4H3,(H,38,39,44)/t21?,22-/m1/s1. The van der Waals surface area contributed by atoms with Crippen LogP contribution in [0.4, 0.5) is 19.0 Å². The number of nitrogens with one attached hydrogen (secondary N) is 1. The van der Waals surface area contributed by atoms with E-state index < -0.39 is 40.9 Å². The van der Waals surface area contributed by atoms with Gasteiger partial charge in [-0.25, -0.2) is 18.0 Å². The molecule has 3 heterocycles. The van der Waals surface area contributed by atoms with Crippen LogP contribution in [0.2, 0.25) is 0 Å². The van der Waals surface area contributed by atoms with Gasteiger partial charge in [-0.2, -0.15) is 10.2 Å². The molecule has 1 aromatic carbocycles. The number of hydrogen-bond acceptors (Lipinski definition) is 6. The lowest BCUT2D eigenvalue weighted by Crippen LogP contribution is -2.33. The minimum atomic E-state index is -3.36. The SMILES string of the molecule is CC1CCCCCCn2c(=O)nc(c3cc(C4(C#N)CC4)c(=O)n(C)c32)N[C@H](C)c2cccc(c2F)C(F)(F)CCCN1C. The lowest BCUT2D eigenvalue weighted by atomic mass is 9.97. The van der Waals surface area contributed by atoms with Crippen molar-refractivity contribution in [2.45, 2.75) is 102 Å². The minimum absolute atomic E-state index is 0.0127. The summed E-state index contributed by atoms with van der Waals surface area (Å²) in [6.45, 7) is 4.54. The quantitative estimate of drug-likeness (QED) is 0.357. The molecule has 1 aliphatic carbocycles. The van der Waals surface area contributed by atoms with E-state index >= 15 is 13.2 Å². The molecule has 1 aliphatic heterocycles. The van der Waals surface area contributed by atoms with Crippen LogP contribution in [-0.4, -0.2) is 38.7 Å². The number of nitriles is 1. The van der Waals surface area contributed by atoms with E-state index in [0.717, 1.165) is 31.7 Å². The highest BCUT2D eigenvalue weighted by molar-refractivity contribution is 5.88. The van der Waals surface area contributed by atoms with Crippen molar-refractivity contribution in [2.75, 3.05) is 18.9 Å². The van der Waals surface area contributed by atoms with Crippen molar-refractivity contribution in [1.29, 1.82) is 5.26 Å². The van der Waals surface area contributed by atoms with E-state index in [0.29, 0.717) is 48.9 Å². The Kier molecular flexibility index (Phi) is 8.94. The normalized spacial score (nSPS) is 23.0. The number of benzene rings is 1. The van der Waals surface area contributed by atoms with Gasteiger partial charge >= 0.3 is 5.69 Å². The molecule has 3 aromatic rings. The molecule has 5 rings (SSSR count). The van der Waals surface area contributed by atoms with Crippen LogP contribution in [-0.2, 0) is 24.9 Å². The Morgan fingerprint density at radius 1 is 1.00 bits per heavy atom. The zero-order valence-corrected chi connectivity index (χ0v) is 25.9. The van der Waals surface area contributed by atoms with Gasteiger partial charge in [0.2, 0.25) is 0 Å². The van der Waals surface area contributed by atoms with Crippen molar-refractivity contribution in [3.05, 3.63) is 67.6 Å². The van der Waals surface area contributed by atoms with Gasteiger partial charge in [0.1, 0.15) is 17.3 Å². The van der Waals surface area contributed by atoms with Crippen LogP contribution < -0.4 is 16.6 Å². The van der Waals surface area contributed by atoms with E-state index in [9.17, 15) is 14.9 Å². The minimum Gasteiger partial charge on any atom is -0.363 e. The van der Waals surface area contributed by atoms with E-state index in [1.54, 1.807) is 20.0 Å². The number of hydrogen-bond donors (Lipinski definition) is 1. The van der Waals surface area contributed by atoms with Crippen LogP contribution in [0.3, 0.4) is 0 Å². The first-order chi connectivity index (χ1) is 20.9. The number of aromatic nitrogens is 3. The third-order valence-electron chi connectivity index (χ3n) is 9.56. The average Bonchev–Trinajstić information content (AvgIpc) is 3.78. The zero-order chi connectivity index (χ0) is 31.8. The second kappa shape index (κ2) is 12.4. The summed E-state index contributed by atoms with van der Waals surface area (Å²) in [7, 11) is 3.51. The summed E-state index contributed by atoms with van der Waals surface area (Å²) in [6.07, 6.45) is 5.22. The predicted molar refractivity (Wildman–Crippen MR) is 165 cm³/mol. The van der Waals surface area contributed by atoms with Crippen molar-refractivity contribution in [1.82, 2.24) is 19.0 Å². The largest absolute Gasteiger partial charge is 0.363 e. The molecule has 4 bridgehead atoms. The highest BCUT2D eigenvalue weighted by Crippen LogP contribution is 2.47. The molecular weight excluding hydrogens is 569 g/mol. The molecule has 2 aliphatic rings. The summed E-state index contributed by atoms with van der Waals surface area (Å²) in [5.41, 5.74) is -1.78. The molecule has 8 nitrogen and oxygen atoms in total. The van der Waals surface area contributed by atoms with Crippen LogP contribution in [0, 0.1) is 17.1 Å². The molecule has 1 saturated carbocycles. The van der Waals surface area contributed by atoms with Crippen LogP contribution in [0.15, 0.2) is 33.9 Å². The van der Waals surface area contributed by atoms with Crippen molar-refractivity contribution in [3.8, 4) is 6.07 Å². The average molecular weight is 611 g/mol. The predicted octanol–water partition coefficient (Wildman–Crippen LogP) is 6.12. The first kappa shape index (κ1) is 31.8. The van der Waals surface area contributed by atoms with Gasteiger partial charge in [0.25, 0.3) is 11.5 Å². The number of alkyl halides is 2. The molecule has 1 fully saturated rings. The smallest absolute Gasteiger partial charge is 0.351 e. The fourth-order valence-corrected chi connectivity index (χ4v) is 6.40. The topological polar surface area (TPSA) is 96.0 Å². The zero-order valence-electron chi connectivity index (χ0n) is 25.9. The van der Waals surface area contributed by atoms with Crippen molar-refractivity contribution in [3.63, 3.8) is 0 Å². The fourth-order valence-electron chi connectivity index (χ4n) is 6.40. The first-order valence-corrected chi connectivity index (χ1v) is 15.6. The summed E-state index contributed by atoms with van der Waals surface area (Å²) < 4.78 is 49.4. The molecule has 0 amide bonds. The molecule has 1 N–H and O–H groups in total. The maximum absolute atomic E-state index is 15.8. The third kappa shape index (κ3) is 6.01. The Morgan fingerprint density at radius 3 is 2.43 bits per heavy atom. The van der Waals surface area contributed by atoms with E-state index in [2.05, 4.69) is 28.2 Å². The van der Waals surface area contributed by atoms with Gasteiger partial charge in [-0.15, -0.1) is 0 Å². The van der Waals surface area contributed by atoms with E-state index in [4.69, 9.17) is 0 Å². The second-order valence-electron chi connectivity index (χ2n) is 12.7. The number of pyridine rings is 1. The maximum atomic E-state index is 15.8. The first-order valence-electron chi connectivity index (χ1n) is 15.6. The summed E-state index contributed by atoms with van der Waals surface area (Å²) in [5, 5.41) is 13.4. The number of nitrogens with zero attached hydrogens (tertiary/aromatic N) is 5. The lowest BCUT2D eigenvalue weighted by molar-refractivity contribution is -0.0210. The Balaban J connectivity index is 1.63. The van der Waals surface area contributed by atoms with Gasteiger partial charge in [-0.1, -0.05) is 37.5 Å². The molecule has 11 heteroatoms. The molecule has 0 spiro atoms. The lowest BCUT2D eigenvalue weighted by Gasteiger charge is -2.26. The number of anilines is 1. The van der Waals surface area contributed by atoms with Gasteiger partial charge in [-0.05, 0) is 65.6 Å². The van der Waals surface area contributed by atoms with Crippen LogP contribution in [0.1, 0.15) is 94.4 Å². The summed E-state index contributed by atoms with van der Waals surface area (Å²) in [6, 6.07) is 7.25. The molecule has 0 radical (unpaired) electrons. The van der Waals surface area contributed by atoms with Gasteiger partial charge < -0.3 is 10.2 Å². The summed E-state index contributed by atoms with van der Waals surface area (Å²) in [4.78, 5) is 33.3. The molecule has 0 saturated heterocycles. The fraction of sp³-hybridized carbons (Fsp3) is 0.576. The van der Waals surface area contributed by atoms with Crippen molar-refractivity contribution >= 4 is 16.9 Å². The molecule has 2 aromatic heterocycles. The van der Waals surface area contributed by atoms with E-state index in [-0.39, 0.29) is 29.4 Å². The molecule has 44 heavy (non-hydrogen) atoms. The van der Waals surface area contributed by atoms with Gasteiger partial charge in [0.15, 0.2) is 0 Å². The second-order valence-corrected chi connectivity index (χ2v) is 12.7. The van der Waals surface area contributed by atoms with Crippen LogP contribution >= 0.6 is 0 Å². The summed E-state index contributed by atoms with van der Waals surface area (Å²) in [5.74, 6) is -4.26. The third-order valence-corrected chi connectivity index (χ3v) is 9.56. The summed E-state index contributed by atoms with van der Waals surface area (Å²) >= 11 is 0. The maximum Gasteiger partial charge on any atom is 0.351 e. The number of halogens is 3. The van der Waals surface area contributed by atoms with E-state index in [1.807, 2.05) is 7.05 Å². The van der Waals surface area contributed by atoms with Crippen molar-refractivity contribution < 1.29 is 13.2 Å². The Bertz CT molecular complexity index is 1700. The van der Waals surface area contributed by atoms with Crippen LogP contribution in [0.25, 0.3) is 11.0 Å². The van der Waals surface area contributed by atoms with Crippen LogP contribution in [0.5, 0.6) is 0 Å². The van der Waals surface area contributed by atoms with Gasteiger partial charge in [0.05, 0.1) is 28.5 Å². The van der Waals surface area contributed by atoms with Gasteiger partial charge in [0, 0.05) is 37.2 Å². The number of aryl methyl sites for hydroxylation is 2. The highest BCUT2D eigenvalue weighted by atomic mass is 19.3. The molecule has 2 atom stereocenters. The number of fused-ring (bicyclic) bond motifs is 8. The molecule has 236 valence electrons. The van der Waals surface area contributed by atoms with E-state index in [1.165, 1.54) is 21.3 Å². The molecular formula is C33H41F3N6O2. The number of rotatable bonds is 1. The Labute approximate surface area is 255 Å². The Hall–Kier alpha value is -3.65. The monoisotopic (exact) mass is 610 g/mol. The van der Waals surface area contributed by atoms with Crippen molar-refractivity contribution in [2.24, 2.45) is 7.05 Å². The highest BCUT2D eigenvalue weighted by Gasteiger charge is 2.47.